The Labute approximate surface area is 109 Å². The molecule has 1 aromatic rings. The van der Waals surface area contributed by atoms with E-state index in [1.807, 2.05) is 22.6 Å². The lowest BCUT2D eigenvalue weighted by molar-refractivity contribution is 0.523. The van der Waals surface area contributed by atoms with E-state index in [1.54, 1.807) is 0 Å². The number of nitrogens with zero attached hydrogens (tertiary/aromatic N) is 2. The highest BCUT2D eigenvalue weighted by Crippen LogP contribution is 2.15. The molecule has 98 valence electrons. The minimum absolute atomic E-state index is 0.213. The predicted molar refractivity (Wildman–Crippen MR) is 76.5 cm³/mol. The van der Waals surface area contributed by atoms with Gasteiger partial charge in [0.2, 0.25) is 0 Å². The van der Waals surface area contributed by atoms with Crippen molar-refractivity contribution in [3.8, 4) is 0 Å². The average Bonchev–Trinajstić information content (AvgIpc) is 2.74. The standard InChI is InChI=1S/C13H25N3S/c1-5-11(4)17-9-12(14)8-13-6-7-16(15-13)10(2)3/h6-7,10-12H,5,8-9,14H2,1-4H3. The molecule has 0 bridgehead atoms. The van der Waals surface area contributed by atoms with Crippen LogP contribution in [0.1, 0.15) is 45.9 Å². The second kappa shape index (κ2) is 7.07. The van der Waals surface area contributed by atoms with E-state index in [0.717, 1.165) is 17.9 Å². The van der Waals surface area contributed by atoms with Crippen LogP contribution in [0.5, 0.6) is 0 Å². The van der Waals surface area contributed by atoms with Gasteiger partial charge in [0.25, 0.3) is 0 Å². The number of hydrogen-bond donors (Lipinski definition) is 1. The van der Waals surface area contributed by atoms with Crippen LogP contribution in [0.3, 0.4) is 0 Å². The molecule has 17 heavy (non-hydrogen) atoms. The molecule has 1 heterocycles. The number of rotatable bonds is 7. The summed E-state index contributed by atoms with van der Waals surface area (Å²) >= 11 is 1.96. The maximum Gasteiger partial charge on any atom is 0.0640 e. The zero-order valence-electron chi connectivity index (χ0n) is 11.4. The molecule has 0 aliphatic heterocycles. The molecule has 0 radical (unpaired) electrons. The van der Waals surface area contributed by atoms with Gasteiger partial charge in [-0.05, 0) is 26.3 Å². The Hall–Kier alpha value is -0.480. The van der Waals surface area contributed by atoms with Crippen molar-refractivity contribution in [2.45, 2.75) is 57.9 Å². The van der Waals surface area contributed by atoms with Gasteiger partial charge in [0, 0.05) is 35.7 Å². The van der Waals surface area contributed by atoms with Crippen molar-refractivity contribution in [2.24, 2.45) is 5.73 Å². The second-order valence-corrected chi connectivity index (χ2v) is 6.37. The van der Waals surface area contributed by atoms with Crippen molar-refractivity contribution < 1.29 is 0 Å². The highest BCUT2D eigenvalue weighted by Gasteiger charge is 2.09. The number of hydrogen-bond acceptors (Lipinski definition) is 3. The van der Waals surface area contributed by atoms with Gasteiger partial charge in [-0.15, -0.1) is 0 Å². The molecule has 0 spiro atoms. The van der Waals surface area contributed by atoms with Gasteiger partial charge in [-0.25, -0.2) is 0 Å². The van der Waals surface area contributed by atoms with Crippen LogP contribution in [0.4, 0.5) is 0 Å². The first-order chi connectivity index (χ1) is 8.02. The summed E-state index contributed by atoms with van der Waals surface area (Å²) < 4.78 is 1.99. The Kier molecular flexibility index (Phi) is 6.06. The summed E-state index contributed by atoms with van der Waals surface area (Å²) in [6.45, 7) is 8.74. The van der Waals surface area contributed by atoms with Gasteiger partial charge in [-0.1, -0.05) is 13.8 Å². The van der Waals surface area contributed by atoms with Crippen LogP contribution in [0, 0.1) is 0 Å². The van der Waals surface area contributed by atoms with Crippen molar-refractivity contribution in [2.75, 3.05) is 5.75 Å². The third kappa shape index (κ3) is 5.13. The summed E-state index contributed by atoms with van der Waals surface area (Å²) in [6, 6.07) is 2.72. The first kappa shape index (κ1) is 14.6. The molecule has 4 heteroatoms. The molecule has 2 atom stereocenters. The molecule has 2 unspecified atom stereocenters. The van der Waals surface area contributed by atoms with Gasteiger partial charge < -0.3 is 5.73 Å². The van der Waals surface area contributed by atoms with Crippen LogP contribution >= 0.6 is 11.8 Å². The summed E-state index contributed by atoms with van der Waals surface area (Å²) in [4.78, 5) is 0. The molecule has 0 amide bonds. The number of aromatic nitrogens is 2. The Balaban J connectivity index is 2.36. The summed E-state index contributed by atoms with van der Waals surface area (Å²) in [5.74, 6) is 1.02. The molecule has 0 aliphatic rings. The molecule has 1 rings (SSSR count). The zero-order valence-corrected chi connectivity index (χ0v) is 12.2. The van der Waals surface area contributed by atoms with E-state index in [2.05, 4.69) is 38.9 Å². The van der Waals surface area contributed by atoms with Gasteiger partial charge in [0.1, 0.15) is 0 Å². The van der Waals surface area contributed by atoms with Crippen molar-refractivity contribution in [3.63, 3.8) is 0 Å². The Bertz CT molecular complexity index is 322. The number of nitrogens with two attached hydrogens (primary N) is 1. The fourth-order valence-corrected chi connectivity index (χ4v) is 2.44. The smallest absolute Gasteiger partial charge is 0.0640 e. The highest BCUT2D eigenvalue weighted by atomic mass is 32.2. The summed E-state index contributed by atoms with van der Waals surface area (Å²) in [5.41, 5.74) is 7.23. The molecule has 0 aliphatic carbocycles. The summed E-state index contributed by atoms with van der Waals surface area (Å²) in [5, 5.41) is 5.23. The normalized spacial score (nSPS) is 15.2. The van der Waals surface area contributed by atoms with Gasteiger partial charge in [0.15, 0.2) is 0 Å². The maximum atomic E-state index is 6.12. The van der Waals surface area contributed by atoms with E-state index in [-0.39, 0.29) is 6.04 Å². The topological polar surface area (TPSA) is 43.8 Å². The maximum absolute atomic E-state index is 6.12. The summed E-state index contributed by atoms with van der Waals surface area (Å²) in [6.07, 6.45) is 4.12. The van der Waals surface area contributed by atoms with Crippen LogP contribution in [0.25, 0.3) is 0 Å². The first-order valence-electron chi connectivity index (χ1n) is 6.44. The lowest BCUT2D eigenvalue weighted by Crippen LogP contribution is -2.26. The van der Waals surface area contributed by atoms with Gasteiger partial charge in [0.05, 0.1) is 5.69 Å². The van der Waals surface area contributed by atoms with Crippen molar-refractivity contribution in [1.29, 1.82) is 0 Å². The van der Waals surface area contributed by atoms with Crippen LogP contribution < -0.4 is 5.73 Å². The molecular weight excluding hydrogens is 230 g/mol. The molecule has 0 fully saturated rings. The molecule has 0 saturated heterocycles. The van der Waals surface area contributed by atoms with E-state index in [9.17, 15) is 0 Å². The van der Waals surface area contributed by atoms with Crippen molar-refractivity contribution in [1.82, 2.24) is 9.78 Å². The van der Waals surface area contributed by atoms with Crippen molar-refractivity contribution >= 4 is 11.8 Å². The molecule has 3 nitrogen and oxygen atoms in total. The quantitative estimate of drug-likeness (QED) is 0.815. The van der Waals surface area contributed by atoms with E-state index in [1.165, 1.54) is 6.42 Å². The first-order valence-corrected chi connectivity index (χ1v) is 7.49. The van der Waals surface area contributed by atoms with Gasteiger partial charge in [-0.2, -0.15) is 16.9 Å². The van der Waals surface area contributed by atoms with E-state index >= 15 is 0 Å². The largest absolute Gasteiger partial charge is 0.327 e. The minimum atomic E-state index is 0.213. The molecule has 0 aromatic carbocycles. The monoisotopic (exact) mass is 255 g/mol. The zero-order chi connectivity index (χ0) is 12.8. The van der Waals surface area contributed by atoms with E-state index in [4.69, 9.17) is 5.73 Å². The van der Waals surface area contributed by atoms with E-state index in [0.29, 0.717) is 11.3 Å². The SMILES string of the molecule is CCC(C)SCC(N)Cc1ccn(C(C)C)n1. The van der Waals surface area contributed by atoms with Crippen molar-refractivity contribution in [3.05, 3.63) is 18.0 Å². The fourth-order valence-electron chi connectivity index (χ4n) is 1.51. The molecule has 2 N–H and O–H groups in total. The van der Waals surface area contributed by atoms with Crippen LogP contribution in [0.15, 0.2) is 12.3 Å². The predicted octanol–water partition coefficient (Wildman–Crippen LogP) is 2.87. The lowest BCUT2D eigenvalue weighted by atomic mass is 10.2. The Morgan fingerprint density at radius 1 is 1.41 bits per heavy atom. The third-order valence-corrected chi connectivity index (χ3v) is 4.36. The highest BCUT2D eigenvalue weighted by molar-refractivity contribution is 7.99. The Morgan fingerprint density at radius 2 is 2.12 bits per heavy atom. The molecular formula is C13H25N3S. The molecule has 1 aromatic heterocycles. The fraction of sp³-hybridized carbons (Fsp3) is 0.769. The Morgan fingerprint density at radius 3 is 2.65 bits per heavy atom. The van der Waals surface area contributed by atoms with E-state index < -0.39 is 0 Å². The summed E-state index contributed by atoms with van der Waals surface area (Å²) in [7, 11) is 0. The second-order valence-electron chi connectivity index (χ2n) is 4.90. The van der Waals surface area contributed by atoms with Crippen LogP contribution in [-0.4, -0.2) is 26.8 Å². The number of thioether (sulfide) groups is 1. The van der Waals surface area contributed by atoms with Crippen LogP contribution in [-0.2, 0) is 6.42 Å². The third-order valence-electron chi connectivity index (χ3n) is 2.83. The minimum Gasteiger partial charge on any atom is -0.327 e. The lowest BCUT2D eigenvalue weighted by Gasteiger charge is -2.13. The van der Waals surface area contributed by atoms with Crippen LogP contribution in [0.2, 0.25) is 0 Å². The van der Waals surface area contributed by atoms with Gasteiger partial charge in [-0.3, -0.25) is 4.68 Å². The molecule has 0 saturated carbocycles. The van der Waals surface area contributed by atoms with Gasteiger partial charge >= 0.3 is 0 Å². The average molecular weight is 255 g/mol.